The Hall–Kier alpha value is -2.48. The molecule has 0 radical (unpaired) electrons. The number of carbonyl (C=O) groups is 4. The zero-order chi connectivity index (χ0) is 35.9. The van der Waals surface area contributed by atoms with Crippen LogP contribution in [-0.2, 0) is 71.3 Å². The van der Waals surface area contributed by atoms with Crippen LogP contribution in [0.3, 0.4) is 0 Å². The molecular formula is C32H58O17. The predicted octanol–water partition coefficient (Wildman–Crippen LogP) is 1.51. The van der Waals surface area contributed by atoms with Gasteiger partial charge in [0, 0.05) is 25.7 Å². The Balaban J connectivity index is 3.14. The molecule has 0 aromatic rings. The molecule has 0 saturated heterocycles. The van der Waals surface area contributed by atoms with Gasteiger partial charge in [-0.15, -0.1) is 0 Å². The van der Waals surface area contributed by atoms with Gasteiger partial charge in [-0.3, -0.25) is 19.2 Å². The monoisotopic (exact) mass is 714 g/mol. The summed E-state index contributed by atoms with van der Waals surface area (Å²) in [5, 5.41) is 17.1. The van der Waals surface area contributed by atoms with E-state index in [9.17, 15) is 19.2 Å². The number of esters is 2. The molecule has 0 unspecified atom stereocenters. The van der Waals surface area contributed by atoms with Crippen molar-refractivity contribution in [2.45, 2.75) is 51.4 Å². The highest BCUT2D eigenvalue weighted by Gasteiger charge is 2.05. The van der Waals surface area contributed by atoms with Gasteiger partial charge in [-0.25, -0.2) is 0 Å². The second-order valence-corrected chi connectivity index (χ2v) is 10.2. The van der Waals surface area contributed by atoms with E-state index in [2.05, 4.69) is 0 Å². The van der Waals surface area contributed by atoms with Crippen LogP contribution in [0.4, 0.5) is 0 Å². The van der Waals surface area contributed by atoms with Crippen molar-refractivity contribution in [2.24, 2.45) is 0 Å². The molecule has 0 aliphatic rings. The first-order valence-electron chi connectivity index (χ1n) is 16.9. The van der Waals surface area contributed by atoms with Crippen molar-refractivity contribution in [3.05, 3.63) is 0 Å². The summed E-state index contributed by atoms with van der Waals surface area (Å²) in [4.78, 5) is 43.8. The Bertz CT molecular complexity index is 721. The zero-order valence-electron chi connectivity index (χ0n) is 28.8. The van der Waals surface area contributed by atoms with E-state index in [0.29, 0.717) is 131 Å². The molecule has 2 N–H and O–H groups in total. The third kappa shape index (κ3) is 41.6. The lowest BCUT2D eigenvalue weighted by Gasteiger charge is -2.09. The molecule has 17 nitrogen and oxygen atoms in total. The average molecular weight is 715 g/mol. The predicted molar refractivity (Wildman–Crippen MR) is 171 cm³/mol. The van der Waals surface area contributed by atoms with E-state index in [0.717, 1.165) is 0 Å². The number of aliphatic carboxylic acids is 2. The molecule has 0 heterocycles. The molecule has 0 rings (SSSR count). The summed E-state index contributed by atoms with van der Waals surface area (Å²) >= 11 is 0. The van der Waals surface area contributed by atoms with Crippen molar-refractivity contribution in [3.63, 3.8) is 0 Å². The minimum atomic E-state index is -0.870. The second kappa shape index (κ2) is 38.3. The van der Waals surface area contributed by atoms with E-state index in [-0.39, 0.29) is 64.0 Å². The molecule has 0 fully saturated rings. The summed E-state index contributed by atoms with van der Waals surface area (Å²) < 4.78 is 58.6. The summed E-state index contributed by atoms with van der Waals surface area (Å²) in [5.41, 5.74) is 0. The fraction of sp³-hybridized carbons (Fsp3) is 0.875. The molecule has 0 aliphatic carbocycles. The number of carboxylic acids is 2. The summed E-state index contributed by atoms with van der Waals surface area (Å²) in [7, 11) is 0. The number of hydrogen-bond donors (Lipinski definition) is 2. The molecule has 0 bridgehead atoms. The normalized spacial score (nSPS) is 11.1. The van der Waals surface area contributed by atoms with Crippen LogP contribution in [0.5, 0.6) is 0 Å². The van der Waals surface area contributed by atoms with E-state index in [4.69, 9.17) is 62.3 Å². The number of carboxylic acid groups (broad SMARTS) is 2. The number of carbonyl (C=O) groups excluding carboxylic acids is 2. The average Bonchev–Trinajstić information content (AvgIpc) is 3.07. The Kier molecular flexibility index (Phi) is 36.4. The number of rotatable bonds is 40. The second-order valence-electron chi connectivity index (χ2n) is 10.2. The van der Waals surface area contributed by atoms with Gasteiger partial charge in [0.25, 0.3) is 0 Å². The quantitative estimate of drug-likeness (QED) is 0.0680. The van der Waals surface area contributed by atoms with Gasteiger partial charge in [0.2, 0.25) is 0 Å². The lowest BCUT2D eigenvalue weighted by atomic mass is 10.2. The van der Waals surface area contributed by atoms with Gasteiger partial charge in [0.1, 0.15) is 13.2 Å². The summed E-state index contributed by atoms with van der Waals surface area (Å²) in [6.07, 6.45) is 2.41. The van der Waals surface area contributed by atoms with Crippen LogP contribution < -0.4 is 0 Å². The van der Waals surface area contributed by atoms with Crippen molar-refractivity contribution in [2.75, 3.05) is 132 Å². The van der Waals surface area contributed by atoms with Crippen LogP contribution >= 0.6 is 0 Å². The topological polar surface area (TPSA) is 210 Å². The highest BCUT2D eigenvalue weighted by atomic mass is 16.6. The SMILES string of the molecule is O=C(O)CCCCC(=O)OCCOCCOCCOCCOCCOCCOCCOCCOCCOCCOC(=O)CCCCC(=O)O. The van der Waals surface area contributed by atoms with Crippen molar-refractivity contribution in [3.8, 4) is 0 Å². The van der Waals surface area contributed by atoms with Crippen molar-refractivity contribution >= 4 is 23.9 Å². The molecular weight excluding hydrogens is 656 g/mol. The molecule has 0 aromatic carbocycles. The molecule has 0 saturated carbocycles. The third-order valence-electron chi connectivity index (χ3n) is 6.00. The first-order chi connectivity index (χ1) is 23.9. The third-order valence-corrected chi connectivity index (χ3v) is 6.00. The maximum Gasteiger partial charge on any atom is 0.305 e. The van der Waals surface area contributed by atoms with Crippen molar-refractivity contribution in [1.82, 2.24) is 0 Å². The Morgan fingerprint density at radius 3 is 0.673 bits per heavy atom. The fourth-order valence-corrected chi connectivity index (χ4v) is 3.53. The maximum absolute atomic E-state index is 11.5. The van der Waals surface area contributed by atoms with Crippen LogP contribution in [0, 0.1) is 0 Å². The zero-order valence-corrected chi connectivity index (χ0v) is 28.8. The lowest BCUT2D eigenvalue weighted by Crippen LogP contribution is -2.16. The molecule has 288 valence electrons. The van der Waals surface area contributed by atoms with Crippen LogP contribution in [0.1, 0.15) is 51.4 Å². The van der Waals surface area contributed by atoms with E-state index in [1.54, 1.807) is 0 Å². The molecule has 49 heavy (non-hydrogen) atoms. The van der Waals surface area contributed by atoms with E-state index in [1.165, 1.54) is 0 Å². The summed E-state index contributed by atoms with van der Waals surface area (Å²) in [5.74, 6) is -2.45. The fourth-order valence-electron chi connectivity index (χ4n) is 3.53. The summed E-state index contributed by atoms with van der Waals surface area (Å²) in [6.45, 7) is 7.75. The standard InChI is InChI=1S/C32H58O17/c33-29(34)5-1-3-7-31(37)48-27-25-46-23-21-44-19-17-42-15-13-40-11-9-39-10-12-41-14-16-43-18-20-45-22-24-47-26-28-49-32(38)8-4-2-6-30(35)36/h1-28H2,(H,33,34)(H,35,36). The van der Waals surface area contributed by atoms with Crippen LogP contribution in [0.2, 0.25) is 0 Å². The van der Waals surface area contributed by atoms with Gasteiger partial charge >= 0.3 is 23.9 Å². The van der Waals surface area contributed by atoms with Crippen LogP contribution in [0.25, 0.3) is 0 Å². The van der Waals surface area contributed by atoms with Gasteiger partial charge in [-0.05, 0) is 25.7 Å². The number of unbranched alkanes of at least 4 members (excludes halogenated alkanes) is 2. The number of ether oxygens (including phenoxy) is 11. The Labute approximate surface area is 289 Å². The Morgan fingerprint density at radius 1 is 0.286 bits per heavy atom. The molecule has 0 spiro atoms. The largest absolute Gasteiger partial charge is 0.481 e. The molecule has 0 aliphatic heterocycles. The Morgan fingerprint density at radius 2 is 0.469 bits per heavy atom. The van der Waals surface area contributed by atoms with Gasteiger partial charge in [0.05, 0.1) is 119 Å². The van der Waals surface area contributed by atoms with Crippen LogP contribution in [0.15, 0.2) is 0 Å². The van der Waals surface area contributed by atoms with E-state index >= 15 is 0 Å². The highest BCUT2D eigenvalue weighted by Crippen LogP contribution is 2.02. The molecule has 0 amide bonds. The highest BCUT2D eigenvalue weighted by molar-refractivity contribution is 5.70. The van der Waals surface area contributed by atoms with Gasteiger partial charge in [0.15, 0.2) is 0 Å². The minimum Gasteiger partial charge on any atom is -0.481 e. The maximum atomic E-state index is 11.5. The summed E-state index contributed by atoms with van der Waals surface area (Å²) in [6, 6.07) is 0. The molecule has 0 atom stereocenters. The lowest BCUT2D eigenvalue weighted by molar-refractivity contribution is -0.146. The minimum absolute atomic E-state index is 0.0528. The van der Waals surface area contributed by atoms with Gasteiger partial charge in [-0.2, -0.15) is 0 Å². The van der Waals surface area contributed by atoms with Gasteiger partial charge < -0.3 is 62.3 Å². The molecule has 0 aromatic heterocycles. The van der Waals surface area contributed by atoms with Crippen LogP contribution in [-0.4, -0.2) is 166 Å². The smallest absolute Gasteiger partial charge is 0.305 e. The van der Waals surface area contributed by atoms with Gasteiger partial charge in [-0.1, -0.05) is 0 Å². The first kappa shape index (κ1) is 46.5. The molecule has 17 heteroatoms. The van der Waals surface area contributed by atoms with E-state index < -0.39 is 11.9 Å². The van der Waals surface area contributed by atoms with Crippen molar-refractivity contribution in [1.29, 1.82) is 0 Å². The van der Waals surface area contributed by atoms with E-state index in [1.807, 2.05) is 0 Å². The number of hydrogen-bond acceptors (Lipinski definition) is 15. The van der Waals surface area contributed by atoms with Crippen molar-refractivity contribution < 1.29 is 81.5 Å². The first-order valence-corrected chi connectivity index (χ1v) is 16.9.